The van der Waals surface area contributed by atoms with E-state index in [0.29, 0.717) is 0 Å². The molecule has 2 aliphatic rings. The van der Waals surface area contributed by atoms with Crippen LogP contribution in [0.1, 0.15) is 79.1 Å². The van der Waals surface area contributed by atoms with Crippen LogP contribution in [0.2, 0.25) is 0 Å². The molecule has 2 N–H and O–H groups in total. The Morgan fingerprint density at radius 2 is 0.673 bits per heavy atom. The monoisotopic (exact) mass is 738 g/mol. The zero-order valence-electron chi connectivity index (χ0n) is 33.0. The molecule has 0 amide bonds. The Hall–Kier alpha value is -3.62. The van der Waals surface area contributed by atoms with Crippen molar-refractivity contribution in [3.05, 3.63) is 72.8 Å². The lowest BCUT2D eigenvalue weighted by Crippen LogP contribution is -2.26. The van der Waals surface area contributed by atoms with E-state index in [1.165, 1.54) is 116 Å². The average Bonchev–Trinajstić information content (AvgIpc) is 3.15. The van der Waals surface area contributed by atoms with Crippen molar-refractivity contribution in [3.63, 3.8) is 0 Å². The molecule has 280 valence electrons. The van der Waals surface area contributed by atoms with Crippen LogP contribution in [0.25, 0.3) is 0 Å². The zero-order chi connectivity index (χ0) is 37.0. The minimum atomic E-state index is 1.15. The van der Waals surface area contributed by atoms with Crippen LogP contribution >= 0.6 is 23.5 Å². The highest BCUT2D eigenvalue weighted by molar-refractivity contribution is 8.00. The van der Waals surface area contributed by atoms with E-state index < -0.39 is 0 Å². The molecule has 52 heavy (non-hydrogen) atoms. The van der Waals surface area contributed by atoms with Gasteiger partial charge in [0.1, 0.15) is 0 Å². The topological polar surface area (TPSA) is 37.0 Å². The molecule has 8 heteroatoms. The molecule has 2 aliphatic heterocycles. The molecule has 4 aromatic carbocycles. The number of benzene rings is 4. The summed E-state index contributed by atoms with van der Waals surface area (Å²) in [5.41, 5.74) is 10.0. The van der Waals surface area contributed by atoms with Crippen LogP contribution in [0.5, 0.6) is 0 Å². The third-order valence-corrected chi connectivity index (χ3v) is 12.0. The average molecular weight is 739 g/mol. The van der Waals surface area contributed by atoms with Crippen molar-refractivity contribution in [2.24, 2.45) is 0 Å². The normalized spacial score (nSPS) is 12.2. The second-order valence-corrected chi connectivity index (χ2v) is 16.5. The summed E-state index contributed by atoms with van der Waals surface area (Å²) >= 11 is 3.75. The van der Waals surface area contributed by atoms with Gasteiger partial charge in [0, 0.05) is 96.7 Å². The van der Waals surface area contributed by atoms with E-state index >= 15 is 0 Å². The second-order valence-electron chi connectivity index (χ2n) is 14.4. The maximum Gasteiger partial charge on any atom is 0.0527 e. The molecule has 0 aromatic heterocycles. The first-order valence-corrected chi connectivity index (χ1v) is 21.2. The van der Waals surface area contributed by atoms with Gasteiger partial charge in [-0.1, -0.05) is 76.9 Å². The number of unbranched alkanes of at least 4 members (excludes halogenated alkanes) is 4. The Kier molecular flexibility index (Phi) is 14.8. The summed E-state index contributed by atoms with van der Waals surface area (Å²) < 4.78 is 0. The molecule has 0 aliphatic carbocycles. The Labute approximate surface area is 323 Å². The summed E-state index contributed by atoms with van der Waals surface area (Å²) in [5.74, 6) is 0. The predicted octanol–water partition coefficient (Wildman–Crippen LogP) is 12.7. The molecule has 0 bridgehead atoms. The lowest BCUT2D eigenvalue weighted by molar-refractivity contribution is 0.677. The Bertz CT molecular complexity index is 1600. The molecular formula is C44H62N6S2. The van der Waals surface area contributed by atoms with E-state index in [9.17, 15) is 0 Å². The Balaban J connectivity index is 0.000000223. The minimum Gasteiger partial charge on any atom is -0.378 e. The minimum absolute atomic E-state index is 1.15. The Morgan fingerprint density at radius 1 is 0.404 bits per heavy atom. The van der Waals surface area contributed by atoms with Gasteiger partial charge in [-0.2, -0.15) is 0 Å². The molecule has 0 radical (unpaired) electrons. The van der Waals surface area contributed by atoms with Gasteiger partial charge in [-0.15, -0.1) is 0 Å². The van der Waals surface area contributed by atoms with Gasteiger partial charge in [0.15, 0.2) is 0 Å². The molecule has 0 unspecified atom stereocenters. The van der Waals surface area contributed by atoms with E-state index in [1.54, 1.807) is 0 Å². The first-order valence-electron chi connectivity index (χ1n) is 19.5. The van der Waals surface area contributed by atoms with Gasteiger partial charge >= 0.3 is 0 Å². The first-order chi connectivity index (χ1) is 25.2. The molecule has 0 atom stereocenters. The Morgan fingerprint density at radius 3 is 0.942 bits per heavy atom. The molecule has 0 spiro atoms. The van der Waals surface area contributed by atoms with E-state index in [2.05, 4.69) is 159 Å². The van der Waals surface area contributed by atoms with Crippen molar-refractivity contribution in [2.75, 3.05) is 84.6 Å². The molecule has 6 rings (SSSR count). The molecule has 0 saturated carbocycles. The fourth-order valence-electron chi connectivity index (χ4n) is 6.41. The largest absolute Gasteiger partial charge is 0.378 e. The number of rotatable bonds is 16. The van der Waals surface area contributed by atoms with Gasteiger partial charge in [0.25, 0.3) is 0 Å². The molecular weight excluding hydrogens is 677 g/mol. The van der Waals surface area contributed by atoms with Gasteiger partial charge < -0.3 is 30.2 Å². The van der Waals surface area contributed by atoms with Crippen LogP contribution in [0.4, 0.5) is 45.5 Å². The van der Waals surface area contributed by atoms with Crippen LogP contribution in [-0.2, 0) is 0 Å². The summed E-state index contributed by atoms with van der Waals surface area (Å²) in [6.45, 7) is 13.7. The van der Waals surface area contributed by atoms with Crippen LogP contribution in [0.15, 0.2) is 92.4 Å². The van der Waals surface area contributed by atoms with Crippen molar-refractivity contribution < 1.29 is 0 Å². The summed E-state index contributed by atoms with van der Waals surface area (Å²) in [6.07, 6.45) is 9.99. The van der Waals surface area contributed by atoms with Crippen molar-refractivity contribution in [1.82, 2.24) is 0 Å². The van der Waals surface area contributed by atoms with Gasteiger partial charge in [-0.05, 0) is 98.5 Å². The van der Waals surface area contributed by atoms with E-state index in [1.807, 2.05) is 23.5 Å². The van der Waals surface area contributed by atoms with Crippen LogP contribution < -0.4 is 30.2 Å². The quantitative estimate of drug-likeness (QED) is 0.102. The van der Waals surface area contributed by atoms with E-state index in [-0.39, 0.29) is 0 Å². The number of nitrogens with one attached hydrogen (secondary N) is 2. The van der Waals surface area contributed by atoms with Crippen LogP contribution in [0.3, 0.4) is 0 Å². The summed E-state index contributed by atoms with van der Waals surface area (Å²) in [4.78, 5) is 14.7. The van der Waals surface area contributed by atoms with Gasteiger partial charge in [0.2, 0.25) is 0 Å². The number of hydrogen-bond acceptors (Lipinski definition) is 8. The molecule has 0 fully saturated rings. The maximum absolute atomic E-state index is 3.69. The highest BCUT2D eigenvalue weighted by Crippen LogP contribution is 2.48. The first kappa shape index (κ1) is 39.6. The second kappa shape index (κ2) is 19.5. The van der Waals surface area contributed by atoms with Crippen molar-refractivity contribution in [2.45, 2.75) is 98.6 Å². The van der Waals surface area contributed by atoms with Gasteiger partial charge in [-0.25, -0.2) is 0 Å². The summed E-state index contributed by atoms with van der Waals surface area (Å²) in [6, 6.07) is 27.0. The molecule has 0 saturated heterocycles. The maximum atomic E-state index is 3.69. The SMILES string of the molecule is CCCCN(CCCC)c1ccc2c(c1)Sc1cc(N(CCCC)CCCC)ccc1N2.CN(C)c1ccc2c(c1)Sc1cc(N(C)C)ccc1N2. The van der Waals surface area contributed by atoms with Crippen LogP contribution in [0, 0.1) is 0 Å². The smallest absolute Gasteiger partial charge is 0.0527 e. The fraction of sp³-hybridized carbons (Fsp3) is 0.455. The molecule has 6 nitrogen and oxygen atoms in total. The van der Waals surface area contributed by atoms with Gasteiger partial charge in [-0.3, -0.25) is 0 Å². The summed E-state index contributed by atoms with van der Waals surface area (Å²) in [7, 11) is 8.28. The third kappa shape index (κ3) is 10.3. The summed E-state index contributed by atoms with van der Waals surface area (Å²) in [5, 5.41) is 7.20. The highest BCUT2D eigenvalue weighted by Gasteiger charge is 2.20. The van der Waals surface area contributed by atoms with Crippen LogP contribution in [-0.4, -0.2) is 54.4 Å². The third-order valence-electron chi connectivity index (χ3n) is 9.73. The standard InChI is InChI=1S/C28H43N3S.C16H19N3S/c1-5-9-17-30(18-10-6-2)23-13-15-25-27(21-23)32-28-22-24(14-16-26(28)29-25)31(19-11-7-3)20-12-8-4;1-18(2)11-5-7-13-15(9-11)20-16-10-12(19(3)4)6-8-14(16)17-13/h13-16,21-22,29H,5-12,17-20H2,1-4H3;5-10,17H,1-4H3. The predicted molar refractivity (Wildman–Crippen MR) is 233 cm³/mol. The zero-order valence-corrected chi connectivity index (χ0v) is 34.7. The van der Waals surface area contributed by atoms with Crippen molar-refractivity contribution in [1.29, 1.82) is 0 Å². The number of nitrogens with zero attached hydrogens (tertiary/aromatic N) is 4. The van der Waals surface area contributed by atoms with Crippen molar-refractivity contribution in [3.8, 4) is 0 Å². The number of anilines is 8. The molecule has 4 aromatic rings. The van der Waals surface area contributed by atoms with E-state index in [0.717, 1.165) is 26.2 Å². The molecule has 2 heterocycles. The number of fused-ring (bicyclic) bond motifs is 4. The fourth-order valence-corrected chi connectivity index (χ4v) is 8.52. The van der Waals surface area contributed by atoms with Crippen molar-refractivity contribution >= 4 is 69.0 Å². The van der Waals surface area contributed by atoms with E-state index in [4.69, 9.17) is 0 Å². The lowest BCUT2D eigenvalue weighted by Gasteiger charge is -2.29. The highest BCUT2D eigenvalue weighted by atomic mass is 32.2. The number of hydrogen-bond donors (Lipinski definition) is 2. The van der Waals surface area contributed by atoms with Gasteiger partial charge in [0.05, 0.1) is 22.7 Å². The lowest BCUT2D eigenvalue weighted by atomic mass is 10.2.